The first-order valence-electron chi connectivity index (χ1n) is 9.92. The smallest absolute Gasteiger partial charge is 0.305 e. The van der Waals surface area contributed by atoms with E-state index in [2.05, 4.69) is 9.97 Å². The fraction of sp³-hybridized carbons (Fsp3) is 0.350. The Morgan fingerprint density at radius 2 is 1.91 bits per heavy atom. The second-order valence-electron chi connectivity index (χ2n) is 7.34. The van der Waals surface area contributed by atoms with Crippen LogP contribution in [0.3, 0.4) is 0 Å². The quantitative estimate of drug-likeness (QED) is 0.560. The Kier molecular flexibility index (Phi) is 6.52. The van der Waals surface area contributed by atoms with Crippen LogP contribution in [0.25, 0.3) is 11.3 Å². The SMILES string of the molecule is Cc1[nH]c(=O)sc1S(=O)(=O)N1CCN(C(=O)CCc2ncc(-c3ccc(Cl)cc3)o2)CC1. The average molecular weight is 497 g/mol. The third-order valence-electron chi connectivity index (χ3n) is 5.18. The van der Waals surface area contributed by atoms with Crippen molar-refractivity contribution in [1.29, 1.82) is 0 Å². The van der Waals surface area contributed by atoms with Crippen LogP contribution in [0, 0.1) is 6.92 Å². The summed E-state index contributed by atoms with van der Waals surface area (Å²) in [4.78, 5) is 32.0. The first-order chi connectivity index (χ1) is 15.2. The van der Waals surface area contributed by atoms with Crippen molar-refractivity contribution in [1.82, 2.24) is 19.2 Å². The molecule has 0 saturated carbocycles. The van der Waals surface area contributed by atoms with E-state index in [4.69, 9.17) is 16.0 Å². The number of nitrogens with one attached hydrogen (secondary N) is 1. The number of sulfonamides is 1. The summed E-state index contributed by atoms with van der Waals surface area (Å²) in [6, 6.07) is 7.19. The Hall–Kier alpha value is -2.47. The minimum Gasteiger partial charge on any atom is -0.441 e. The fourth-order valence-corrected chi connectivity index (χ4v) is 6.46. The van der Waals surface area contributed by atoms with Gasteiger partial charge in [-0.15, -0.1) is 0 Å². The highest BCUT2D eigenvalue weighted by atomic mass is 35.5. The lowest BCUT2D eigenvalue weighted by atomic mass is 10.2. The molecule has 1 N–H and O–H groups in total. The van der Waals surface area contributed by atoms with Crippen LogP contribution in [-0.4, -0.2) is 59.7 Å². The number of rotatable bonds is 6. The molecule has 170 valence electrons. The molecule has 1 saturated heterocycles. The van der Waals surface area contributed by atoms with E-state index >= 15 is 0 Å². The van der Waals surface area contributed by atoms with E-state index in [-0.39, 0.29) is 42.7 Å². The highest BCUT2D eigenvalue weighted by Gasteiger charge is 2.32. The molecular weight excluding hydrogens is 476 g/mol. The third kappa shape index (κ3) is 4.80. The maximum atomic E-state index is 12.8. The molecule has 0 atom stereocenters. The lowest BCUT2D eigenvalue weighted by molar-refractivity contribution is -0.132. The number of aryl methyl sites for hydroxylation is 2. The average Bonchev–Trinajstić information content (AvgIpc) is 3.39. The van der Waals surface area contributed by atoms with E-state index in [1.54, 1.807) is 30.2 Å². The van der Waals surface area contributed by atoms with Gasteiger partial charge in [-0.1, -0.05) is 22.9 Å². The predicted octanol–water partition coefficient (Wildman–Crippen LogP) is 2.52. The summed E-state index contributed by atoms with van der Waals surface area (Å²) in [5, 5.41) is 0.631. The number of carbonyl (C=O) groups excluding carboxylic acids is 1. The highest BCUT2D eigenvalue weighted by Crippen LogP contribution is 2.24. The third-order valence-corrected chi connectivity index (χ3v) is 8.91. The van der Waals surface area contributed by atoms with Crippen molar-refractivity contribution >= 4 is 38.9 Å². The molecule has 0 unspecified atom stereocenters. The van der Waals surface area contributed by atoms with E-state index < -0.39 is 14.9 Å². The maximum absolute atomic E-state index is 12.8. The Morgan fingerprint density at radius 3 is 2.53 bits per heavy atom. The van der Waals surface area contributed by atoms with Gasteiger partial charge >= 0.3 is 4.87 Å². The highest BCUT2D eigenvalue weighted by molar-refractivity contribution is 7.91. The van der Waals surface area contributed by atoms with Gasteiger partial charge in [-0.05, 0) is 31.2 Å². The van der Waals surface area contributed by atoms with Crippen LogP contribution in [0.2, 0.25) is 5.02 Å². The first kappa shape index (κ1) is 22.7. The van der Waals surface area contributed by atoms with Crippen molar-refractivity contribution in [2.45, 2.75) is 24.0 Å². The minimum atomic E-state index is -3.75. The molecular formula is C20H21ClN4O5S2. The molecule has 3 heterocycles. The Balaban J connectivity index is 1.31. The van der Waals surface area contributed by atoms with Crippen molar-refractivity contribution in [2.75, 3.05) is 26.2 Å². The van der Waals surface area contributed by atoms with Crippen molar-refractivity contribution in [2.24, 2.45) is 0 Å². The van der Waals surface area contributed by atoms with E-state index in [0.717, 1.165) is 5.56 Å². The van der Waals surface area contributed by atoms with E-state index in [9.17, 15) is 18.0 Å². The number of hydrogen-bond acceptors (Lipinski definition) is 7. The number of aromatic amines is 1. The molecule has 1 fully saturated rings. The van der Waals surface area contributed by atoms with Crippen LogP contribution in [0.5, 0.6) is 0 Å². The van der Waals surface area contributed by atoms with Crippen LogP contribution < -0.4 is 4.87 Å². The molecule has 12 heteroatoms. The van der Waals surface area contributed by atoms with Gasteiger partial charge in [0.2, 0.25) is 5.91 Å². The molecule has 1 aliphatic heterocycles. The van der Waals surface area contributed by atoms with Crippen LogP contribution >= 0.6 is 22.9 Å². The van der Waals surface area contributed by atoms with Crippen LogP contribution in [0.4, 0.5) is 0 Å². The number of nitrogens with zero attached hydrogens (tertiary/aromatic N) is 3. The summed E-state index contributed by atoms with van der Waals surface area (Å²) in [7, 11) is -3.75. The van der Waals surface area contributed by atoms with Crippen molar-refractivity contribution in [3.8, 4) is 11.3 Å². The normalized spacial score (nSPS) is 15.2. The van der Waals surface area contributed by atoms with Gasteiger partial charge in [0.25, 0.3) is 10.0 Å². The summed E-state index contributed by atoms with van der Waals surface area (Å²) in [6.07, 6.45) is 2.18. The molecule has 2 aromatic heterocycles. The molecule has 3 aromatic rings. The van der Waals surface area contributed by atoms with Gasteiger partial charge in [0.05, 0.1) is 6.20 Å². The molecule has 0 bridgehead atoms. The summed E-state index contributed by atoms with van der Waals surface area (Å²) in [6.45, 7) is 2.50. The first-order valence-corrected chi connectivity index (χ1v) is 12.6. The summed E-state index contributed by atoms with van der Waals surface area (Å²) in [5.41, 5.74) is 1.18. The number of aromatic nitrogens is 2. The molecule has 4 rings (SSSR count). The lowest BCUT2D eigenvalue weighted by Gasteiger charge is -2.33. The molecule has 1 aromatic carbocycles. The number of amides is 1. The zero-order valence-corrected chi connectivity index (χ0v) is 19.6. The number of H-pyrrole nitrogens is 1. The molecule has 0 radical (unpaired) electrons. The molecule has 9 nitrogen and oxygen atoms in total. The standard InChI is InChI=1S/C20H21ClN4O5S2/c1-13-19(31-20(27)23-13)32(28,29)25-10-8-24(9-11-25)18(26)7-6-17-22-12-16(30-17)14-2-4-15(21)5-3-14/h2-5,12H,6-11H2,1H3,(H,23,27). The largest absolute Gasteiger partial charge is 0.441 e. The zero-order valence-electron chi connectivity index (χ0n) is 17.2. The second-order valence-corrected chi connectivity index (χ2v) is 10.9. The summed E-state index contributed by atoms with van der Waals surface area (Å²) >= 11 is 6.58. The zero-order chi connectivity index (χ0) is 22.9. The van der Waals surface area contributed by atoms with Gasteiger partial charge in [0.1, 0.15) is 0 Å². The van der Waals surface area contributed by atoms with Crippen LogP contribution in [0.15, 0.2) is 43.9 Å². The molecule has 1 amide bonds. The van der Waals surface area contributed by atoms with Crippen molar-refractivity contribution < 1.29 is 17.6 Å². The molecule has 0 aliphatic carbocycles. The van der Waals surface area contributed by atoms with Crippen molar-refractivity contribution in [3.05, 3.63) is 56.7 Å². The van der Waals surface area contributed by atoms with E-state index in [1.807, 2.05) is 12.1 Å². The van der Waals surface area contributed by atoms with Gasteiger partial charge in [-0.3, -0.25) is 9.59 Å². The number of benzene rings is 1. The Labute approximate surface area is 193 Å². The van der Waals surface area contributed by atoms with E-state index in [0.29, 0.717) is 40.1 Å². The Bertz CT molecular complexity index is 1270. The number of carbonyl (C=O) groups is 1. The maximum Gasteiger partial charge on any atom is 0.305 e. The van der Waals surface area contributed by atoms with Gasteiger partial charge in [-0.25, -0.2) is 13.4 Å². The van der Waals surface area contributed by atoms with Crippen molar-refractivity contribution in [3.63, 3.8) is 0 Å². The second kappa shape index (κ2) is 9.18. The monoisotopic (exact) mass is 496 g/mol. The van der Waals surface area contributed by atoms with Gasteiger partial charge < -0.3 is 14.3 Å². The Morgan fingerprint density at radius 1 is 1.22 bits per heavy atom. The topological polar surface area (TPSA) is 117 Å². The van der Waals surface area contributed by atoms with Gasteiger partial charge in [0, 0.05) is 55.3 Å². The number of piperazine rings is 1. The molecule has 0 spiro atoms. The molecule has 32 heavy (non-hydrogen) atoms. The fourth-order valence-electron chi connectivity index (χ4n) is 3.48. The van der Waals surface area contributed by atoms with Gasteiger partial charge in [-0.2, -0.15) is 4.31 Å². The predicted molar refractivity (Wildman–Crippen MR) is 120 cm³/mol. The summed E-state index contributed by atoms with van der Waals surface area (Å²) < 4.78 is 32.7. The van der Waals surface area contributed by atoms with E-state index in [1.165, 1.54) is 4.31 Å². The van der Waals surface area contributed by atoms with Crippen LogP contribution in [-0.2, 0) is 21.2 Å². The lowest BCUT2D eigenvalue weighted by Crippen LogP contribution is -2.50. The number of halogens is 1. The van der Waals surface area contributed by atoms with Gasteiger partial charge in [0.15, 0.2) is 15.9 Å². The minimum absolute atomic E-state index is 0.0302. The van der Waals surface area contributed by atoms with Crippen LogP contribution in [0.1, 0.15) is 18.0 Å². The molecule has 1 aliphatic rings. The number of hydrogen-bond donors (Lipinski definition) is 1. The summed E-state index contributed by atoms with van der Waals surface area (Å²) in [5.74, 6) is 0.975. The number of thiazole rings is 1. The number of oxazole rings is 1.